The van der Waals surface area contributed by atoms with Crippen molar-refractivity contribution in [1.29, 1.82) is 0 Å². The Balaban J connectivity index is 3.36. The van der Waals surface area contributed by atoms with E-state index >= 15 is 0 Å². The predicted octanol–water partition coefficient (Wildman–Crippen LogP) is 2.47. The van der Waals surface area contributed by atoms with Gasteiger partial charge in [-0.3, -0.25) is 4.90 Å². The molecule has 17 heavy (non-hydrogen) atoms. The average molecular weight is 239 g/mol. The lowest BCUT2D eigenvalue weighted by molar-refractivity contribution is -0.151. The van der Waals surface area contributed by atoms with Gasteiger partial charge in [-0.15, -0.1) is 0 Å². The smallest absolute Gasteiger partial charge is 0.328 e. The van der Waals surface area contributed by atoms with Gasteiger partial charge in [0.2, 0.25) is 0 Å². The topological polar surface area (TPSA) is 40.5 Å². The molecule has 0 aromatic heterocycles. The van der Waals surface area contributed by atoms with Gasteiger partial charge in [0, 0.05) is 11.6 Å². The van der Waals surface area contributed by atoms with Crippen molar-refractivity contribution in [2.75, 3.05) is 7.05 Å². The van der Waals surface area contributed by atoms with Crippen LogP contribution >= 0.6 is 0 Å². The minimum Gasteiger partial charge on any atom is -0.480 e. The highest BCUT2D eigenvalue weighted by atomic mass is 19.1. The Kier molecular flexibility index (Phi) is 3.88. The molecule has 1 atom stereocenters. The Bertz CT molecular complexity index is 420. The predicted molar refractivity (Wildman–Crippen MR) is 64.3 cm³/mol. The second-order valence-corrected chi connectivity index (χ2v) is 4.56. The standard InChI is InChI=1S/C13H18FNO2/c1-9(2)15(4)13(3,12(16)17)10-7-5-6-8-11(10)14/h5-9H,1-4H3,(H,16,17). The Morgan fingerprint density at radius 3 is 2.35 bits per heavy atom. The SMILES string of the molecule is CC(C)N(C)C(C)(C(=O)O)c1ccccc1F. The number of benzene rings is 1. The highest BCUT2D eigenvalue weighted by Crippen LogP contribution is 2.31. The van der Waals surface area contributed by atoms with Gasteiger partial charge in [-0.25, -0.2) is 9.18 Å². The minimum atomic E-state index is -1.36. The third-order valence-electron chi connectivity index (χ3n) is 3.29. The van der Waals surface area contributed by atoms with Gasteiger partial charge in [-0.1, -0.05) is 18.2 Å². The van der Waals surface area contributed by atoms with Gasteiger partial charge in [0.15, 0.2) is 0 Å². The summed E-state index contributed by atoms with van der Waals surface area (Å²) in [6, 6.07) is 5.99. The summed E-state index contributed by atoms with van der Waals surface area (Å²) in [5.74, 6) is -1.55. The van der Waals surface area contributed by atoms with E-state index in [1.165, 1.54) is 19.1 Å². The summed E-state index contributed by atoms with van der Waals surface area (Å²) in [4.78, 5) is 13.2. The van der Waals surface area contributed by atoms with E-state index in [1.54, 1.807) is 24.1 Å². The maximum Gasteiger partial charge on any atom is 0.328 e. The van der Waals surface area contributed by atoms with Crippen LogP contribution in [0.1, 0.15) is 26.3 Å². The zero-order valence-corrected chi connectivity index (χ0v) is 10.6. The summed E-state index contributed by atoms with van der Waals surface area (Å²) in [7, 11) is 1.69. The highest BCUT2D eigenvalue weighted by Gasteiger charge is 2.42. The van der Waals surface area contributed by atoms with E-state index in [2.05, 4.69) is 0 Å². The Labute approximate surface area is 101 Å². The first-order valence-electron chi connectivity index (χ1n) is 5.53. The second-order valence-electron chi connectivity index (χ2n) is 4.56. The van der Waals surface area contributed by atoms with Gasteiger partial charge < -0.3 is 5.11 Å². The van der Waals surface area contributed by atoms with E-state index in [-0.39, 0.29) is 11.6 Å². The third kappa shape index (κ3) is 2.31. The number of likely N-dealkylation sites (N-methyl/N-ethyl adjacent to an activating group) is 1. The zero-order valence-electron chi connectivity index (χ0n) is 10.6. The van der Waals surface area contributed by atoms with E-state index in [1.807, 2.05) is 13.8 Å². The second kappa shape index (κ2) is 4.84. The monoisotopic (exact) mass is 239 g/mol. The summed E-state index contributed by atoms with van der Waals surface area (Å²) < 4.78 is 13.8. The number of carbonyl (C=O) groups is 1. The molecule has 0 fully saturated rings. The molecule has 1 unspecified atom stereocenters. The number of carboxylic acids is 1. The Hall–Kier alpha value is -1.42. The summed E-state index contributed by atoms with van der Waals surface area (Å²) in [6.07, 6.45) is 0. The number of aliphatic carboxylic acids is 1. The molecule has 0 aliphatic carbocycles. The van der Waals surface area contributed by atoms with Crippen molar-refractivity contribution in [1.82, 2.24) is 4.90 Å². The third-order valence-corrected chi connectivity index (χ3v) is 3.29. The lowest BCUT2D eigenvalue weighted by Gasteiger charge is -2.38. The van der Waals surface area contributed by atoms with E-state index < -0.39 is 17.3 Å². The molecule has 0 heterocycles. The zero-order chi connectivity index (χ0) is 13.2. The molecular weight excluding hydrogens is 221 g/mol. The lowest BCUT2D eigenvalue weighted by Crippen LogP contribution is -2.51. The first-order valence-corrected chi connectivity index (χ1v) is 5.53. The van der Waals surface area contributed by atoms with Crippen molar-refractivity contribution >= 4 is 5.97 Å². The number of carboxylic acid groups (broad SMARTS) is 1. The van der Waals surface area contributed by atoms with Crippen LogP contribution in [-0.4, -0.2) is 29.1 Å². The van der Waals surface area contributed by atoms with Crippen LogP contribution in [0, 0.1) is 5.82 Å². The number of nitrogens with zero attached hydrogens (tertiary/aromatic N) is 1. The molecule has 0 aliphatic rings. The quantitative estimate of drug-likeness (QED) is 0.877. The van der Waals surface area contributed by atoms with Crippen molar-refractivity contribution in [2.24, 2.45) is 0 Å². The molecular formula is C13H18FNO2. The molecule has 1 rings (SSSR count). The molecule has 94 valence electrons. The van der Waals surface area contributed by atoms with Crippen molar-refractivity contribution in [3.8, 4) is 0 Å². The maximum atomic E-state index is 13.8. The molecule has 1 aromatic rings. The number of halogens is 1. The van der Waals surface area contributed by atoms with Crippen LogP contribution in [0.5, 0.6) is 0 Å². The van der Waals surface area contributed by atoms with E-state index in [4.69, 9.17) is 0 Å². The molecule has 0 saturated carbocycles. The van der Waals surface area contributed by atoms with Gasteiger partial charge in [0.05, 0.1) is 0 Å². The molecule has 4 heteroatoms. The largest absolute Gasteiger partial charge is 0.480 e. The molecule has 0 spiro atoms. The van der Waals surface area contributed by atoms with Crippen LogP contribution < -0.4 is 0 Å². The lowest BCUT2D eigenvalue weighted by atomic mass is 9.89. The Morgan fingerprint density at radius 1 is 1.41 bits per heavy atom. The summed E-state index contributed by atoms with van der Waals surface area (Å²) in [6.45, 7) is 5.28. The van der Waals surface area contributed by atoms with Crippen LogP contribution in [0.3, 0.4) is 0 Å². The van der Waals surface area contributed by atoms with Crippen LogP contribution in [0.15, 0.2) is 24.3 Å². The van der Waals surface area contributed by atoms with Gasteiger partial charge in [-0.2, -0.15) is 0 Å². The number of rotatable bonds is 4. The van der Waals surface area contributed by atoms with Gasteiger partial charge >= 0.3 is 5.97 Å². The first-order chi connectivity index (χ1) is 7.81. The molecule has 0 amide bonds. The summed E-state index contributed by atoms with van der Waals surface area (Å²) >= 11 is 0. The fourth-order valence-electron chi connectivity index (χ4n) is 1.83. The summed E-state index contributed by atoms with van der Waals surface area (Å²) in [5.41, 5.74) is -1.18. The van der Waals surface area contributed by atoms with Gasteiger partial charge in [0.1, 0.15) is 11.4 Å². The Morgan fingerprint density at radius 2 is 1.94 bits per heavy atom. The van der Waals surface area contributed by atoms with Gasteiger partial charge in [-0.05, 0) is 33.9 Å². The van der Waals surface area contributed by atoms with Crippen molar-refractivity contribution in [2.45, 2.75) is 32.4 Å². The van der Waals surface area contributed by atoms with Crippen LogP contribution in [0.25, 0.3) is 0 Å². The maximum absolute atomic E-state index is 13.8. The highest BCUT2D eigenvalue weighted by molar-refractivity contribution is 5.80. The van der Waals surface area contributed by atoms with E-state index in [0.717, 1.165) is 0 Å². The molecule has 0 aliphatic heterocycles. The number of hydrogen-bond donors (Lipinski definition) is 1. The van der Waals surface area contributed by atoms with Gasteiger partial charge in [0.25, 0.3) is 0 Å². The fraction of sp³-hybridized carbons (Fsp3) is 0.462. The summed E-state index contributed by atoms with van der Waals surface area (Å²) in [5, 5.41) is 9.42. The van der Waals surface area contributed by atoms with Crippen LogP contribution in [0.2, 0.25) is 0 Å². The average Bonchev–Trinajstić information content (AvgIpc) is 2.27. The molecule has 0 saturated heterocycles. The normalized spacial score (nSPS) is 15.0. The van der Waals surface area contributed by atoms with E-state index in [0.29, 0.717) is 0 Å². The van der Waals surface area contributed by atoms with Crippen molar-refractivity contribution in [3.63, 3.8) is 0 Å². The molecule has 3 nitrogen and oxygen atoms in total. The molecule has 1 N–H and O–H groups in total. The van der Waals surface area contributed by atoms with Crippen molar-refractivity contribution < 1.29 is 14.3 Å². The fourth-order valence-corrected chi connectivity index (χ4v) is 1.83. The number of hydrogen-bond acceptors (Lipinski definition) is 2. The van der Waals surface area contributed by atoms with Crippen LogP contribution in [0.4, 0.5) is 4.39 Å². The minimum absolute atomic E-state index is 0.00398. The molecule has 1 aromatic carbocycles. The molecule has 0 bridgehead atoms. The molecule has 0 radical (unpaired) electrons. The van der Waals surface area contributed by atoms with Crippen LogP contribution in [-0.2, 0) is 10.3 Å². The van der Waals surface area contributed by atoms with Crippen molar-refractivity contribution in [3.05, 3.63) is 35.6 Å². The first kappa shape index (κ1) is 13.6. The van der Waals surface area contributed by atoms with E-state index in [9.17, 15) is 14.3 Å².